The molecular weight excluding hydrogens is 238 g/mol. The van der Waals surface area contributed by atoms with Crippen LogP contribution in [0.1, 0.15) is 25.5 Å². The van der Waals surface area contributed by atoms with E-state index in [4.69, 9.17) is 11.6 Å². The summed E-state index contributed by atoms with van der Waals surface area (Å²) >= 11 is 7.91. The van der Waals surface area contributed by atoms with Crippen LogP contribution in [-0.2, 0) is 5.75 Å². The van der Waals surface area contributed by atoms with Gasteiger partial charge in [-0.1, -0.05) is 11.6 Å². The molecule has 1 aromatic carbocycles. The largest absolute Gasteiger partial charge is 0.345 e. The summed E-state index contributed by atoms with van der Waals surface area (Å²) in [4.78, 5) is 0. The van der Waals surface area contributed by atoms with Crippen molar-refractivity contribution in [1.82, 2.24) is 4.57 Å². The Morgan fingerprint density at radius 2 is 2.12 bits per heavy atom. The standard InChI is InChI=1S/C13H16ClNS/c1-9(2)15-7-10(8-16-3)12-6-11(14)4-5-13(12)15/h4-7,9H,8H2,1-3H3. The fourth-order valence-corrected chi connectivity index (χ4v) is 2.71. The summed E-state index contributed by atoms with van der Waals surface area (Å²) in [6, 6.07) is 6.63. The molecule has 0 radical (unpaired) electrons. The van der Waals surface area contributed by atoms with Gasteiger partial charge in [0.25, 0.3) is 0 Å². The van der Waals surface area contributed by atoms with Crippen LogP contribution in [0.4, 0.5) is 0 Å². The van der Waals surface area contributed by atoms with Crippen LogP contribution in [-0.4, -0.2) is 10.8 Å². The van der Waals surface area contributed by atoms with Gasteiger partial charge in [-0.05, 0) is 43.9 Å². The van der Waals surface area contributed by atoms with Crippen LogP contribution in [0.2, 0.25) is 5.02 Å². The number of rotatable bonds is 3. The molecule has 0 fully saturated rings. The summed E-state index contributed by atoms with van der Waals surface area (Å²) in [5.74, 6) is 1.04. The highest BCUT2D eigenvalue weighted by Gasteiger charge is 2.10. The van der Waals surface area contributed by atoms with Gasteiger partial charge >= 0.3 is 0 Å². The van der Waals surface area contributed by atoms with E-state index in [1.807, 2.05) is 17.8 Å². The Hall–Kier alpha value is -0.600. The van der Waals surface area contributed by atoms with Gasteiger partial charge in [-0.15, -0.1) is 0 Å². The molecule has 3 heteroatoms. The first kappa shape index (κ1) is 11.9. The van der Waals surface area contributed by atoms with E-state index in [0.29, 0.717) is 6.04 Å². The molecule has 0 saturated carbocycles. The molecule has 1 nitrogen and oxygen atoms in total. The zero-order valence-corrected chi connectivity index (χ0v) is 11.4. The molecule has 0 atom stereocenters. The molecule has 16 heavy (non-hydrogen) atoms. The first-order chi connectivity index (χ1) is 7.63. The van der Waals surface area contributed by atoms with E-state index in [1.54, 1.807) is 0 Å². The Bertz CT molecular complexity index is 502. The maximum atomic E-state index is 6.06. The summed E-state index contributed by atoms with van der Waals surface area (Å²) in [5, 5.41) is 2.10. The average Bonchev–Trinajstić information content (AvgIpc) is 2.58. The predicted molar refractivity (Wildman–Crippen MR) is 74.6 cm³/mol. The third-order valence-electron chi connectivity index (χ3n) is 2.73. The van der Waals surface area contributed by atoms with Crippen LogP contribution in [0.3, 0.4) is 0 Å². The van der Waals surface area contributed by atoms with E-state index in [1.165, 1.54) is 16.5 Å². The molecule has 0 N–H and O–H groups in total. The topological polar surface area (TPSA) is 4.93 Å². The zero-order chi connectivity index (χ0) is 11.7. The van der Waals surface area contributed by atoms with Crippen molar-refractivity contribution in [2.45, 2.75) is 25.6 Å². The van der Waals surface area contributed by atoms with Crippen molar-refractivity contribution in [3.8, 4) is 0 Å². The number of benzene rings is 1. The Balaban J connectivity index is 2.66. The van der Waals surface area contributed by atoms with Crippen molar-refractivity contribution in [2.75, 3.05) is 6.26 Å². The summed E-state index contributed by atoms with van der Waals surface area (Å²) in [6.45, 7) is 4.41. The lowest BCUT2D eigenvalue weighted by atomic mass is 10.2. The number of fused-ring (bicyclic) bond motifs is 1. The van der Waals surface area contributed by atoms with Gasteiger partial charge in [0.05, 0.1) is 0 Å². The van der Waals surface area contributed by atoms with Crippen LogP contribution >= 0.6 is 23.4 Å². The van der Waals surface area contributed by atoms with E-state index >= 15 is 0 Å². The number of hydrogen-bond donors (Lipinski definition) is 0. The van der Waals surface area contributed by atoms with E-state index < -0.39 is 0 Å². The molecule has 0 aliphatic rings. The second kappa shape index (κ2) is 4.72. The number of aromatic nitrogens is 1. The van der Waals surface area contributed by atoms with Crippen molar-refractivity contribution in [2.24, 2.45) is 0 Å². The van der Waals surface area contributed by atoms with Gasteiger partial charge < -0.3 is 4.57 Å². The Kier molecular flexibility index (Phi) is 3.50. The first-order valence-corrected chi connectivity index (χ1v) is 7.18. The van der Waals surface area contributed by atoms with E-state index in [0.717, 1.165) is 10.8 Å². The fourth-order valence-electron chi connectivity index (χ4n) is 2.00. The Labute approximate surface area is 106 Å². The lowest BCUT2D eigenvalue weighted by molar-refractivity contribution is 0.622. The molecule has 2 rings (SSSR count). The molecule has 2 aromatic rings. The number of thioether (sulfide) groups is 1. The van der Waals surface area contributed by atoms with E-state index in [2.05, 4.69) is 43.0 Å². The smallest absolute Gasteiger partial charge is 0.0486 e. The molecule has 0 bridgehead atoms. The van der Waals surface area contributed by atoms with Gasteiger partial charge in [-0.3, -0.25) is 0 Å². The SMILES string of the molecule is CSCc1cn(C(C)C)c2ccc(Cl)cc12. The third kappa shape index (κ3) is 2.09. The van der Waals surface area contributed by atoms with Crippen molar-refractivity contribution < 1.29 is 0 Å². The molecule has 0 saturated heterocycles. The van der Waals surface area contributed by atoms with Gasteiger partial charge in [0.2, 0.25) is 0 Å². The van der Waals surface area contributed by atoms with Gasteiger partial charge in [-0.25, -0.2) is 0 Å². The quantitative estimate of drug-likeness (QED) is 0.765. The van der Waals surface area contributed by atoms with Crippen LogP contribution in [0.15, 0.2) is 24.4 Å². The van der Waals surface area contributed by atoms with Gasteiger partial charge in [-0.2, -0.15) is 11.8 Å². The minimum absolute atomic E-state index is 0.485. The van der Waals surface area contributed by atoms with Crippen LogP contribution in [0.5, 0.6) is 0 Å². The number of hydrogen-bond acceptors (Lipinski definition) is 1. The molecule has 0 aliphatic heterocycles. The Morgan fingerprint density at radius 1 is 1.38 bits per heavy atom. The van der Waals surface area contributed by atoms with Crippen molar-refractivity contribution in [3.05, 3.63) is 35.0 Å². The second-order valence-corrected chi connectivity index (χ2v) is 5.55. The van der Waals surface area contributed by atoms with Crippen molar-refractivity contribution >= 4 is 34.3 Å². The molecule has 0 unspecified atom stereocenters. The van der Waals surface area contributed by atoms with Crippen LogP contribution in [0, 0.1) is 0 Å². The van der Waals surface area contributed by atoms with Gasteiger partial charge in [0.15, 0.2) is 0 Å². The highest BCUT2D eigenvalue weighted by molar-refractivity contribution is 7.97. The molecular formula is C13H16ClNS. The van der Waals surface area contributed by atoms with Crippen molar-refractivity contribution in [3.63, 3.8) is 0 Å². The highest BCUT2D eigenvalue weighted by Crippen LogP contribution is 2.29. The molecule has 0 spiro atoms. The third-order valence-corrected chi connectivity index (χ3v) is 3.57. The van der Waals surface area contributed by atoms with E-state index in [-0.39, 0.29) is 0 Å². The monoisotopic (exact) mass is 253 g/mol. The summed E-state index contributed by atoms with van der Waals surface area (Å²) in [6.07, 6.45) is 4.38. The normalized spacial score (nSPS) is 11.6. The second-order valence-electron chi connectivity index (χ2n) is 4.25. The molecule has 0 amide bonds. The zero-order valence-electron chi connectivity index (χ0n) is 9.83. The molecule has 1 aromatic heterocycles. The van der Waals surface area contributed by atoms with Crippen LogP contribution < -0.4 is 0 Å². The lowest BCUT2D eigenvalue weighted by Gasteiger charge is -2.08. The fraction of sp³-hybridized carbons (Fsp3) is 0.385. The van der Waals surface area contributed by atoms with E-state index in [9.17, 15) is 0 Å². The lowest BCUT2D eigenvalue weighted by Crippen LogP contribution is -1.97. The molecule has 0 aliphatic carbocycles. The first-order valence-electron chi connectivity index (χ1n) is 5.41. The summed E-state index contributed by atoms with van der Waals surface area (Å²) in [5.41, 5.74) is 2.65. The Morgan fingerprint density at radius 3 is 2.75 bits per heavy atom. The number of nitrogens with zero attached hydrogens (tertiary/aromatic N) is 1. The maximum Gasteiger partial charge on any atom is 0.0486 e. The van der Waals surface area contributed by atoms with Crippen molar-refractivity contribution in [1.29, 1.82) is 0 Å². The number of halogens is 1. The molecule has 86 valence electrons. The molecule has 1 heterocycles. The maximum absolute atomic E-state index is 6.06. The minimum Gasteiger partial charge on any atom is -0.345 e. The predicted octanol–water partition coefficient (Wildman–Crippen LogP) is 4.74. The summed E-state index contributed by atoms with van der Waals surface area (Å²) < 4.78 is 2.32. The van der Waals surface area contributed by atoms with Gasteiger partial charge in [0, 0.05) is 33.9 Å². The highest BCUT2D eigenvalue weighted by atomic mass is 35.5. The van der Waals surface area contributed by atoms with Gasteiger partial charge in [0.1, 0.15) is 0 Å². The average molecular weight is 254 g/mol. The minimum atomic E-state index is 0.485. The van der Waals surface area contributed by atoms with Crippen LogP contribution in [0.25, 0.3) is 10.9 Å². The summed E-state index contributed by atoms with van der Waals surface area (Å²) in [7, 11) is 0.